The smallest absolute Gasteiger partial charge is 0.389 e. The molecule has 1 unspecified atom stereocenters. The van der Waals surface area contributed by atoms with Gasteiger partial charge in [-0.1, -0.05) is 12.2 Å². The quantitative estimate of drug-likeness (QED) is 0.818. The van der Waals surface area contributed by atoms with Gasteiger partial charge in [0.2, 0.25) is 0 Å². The number of hydrogen-bond acceptors (Lipinski definition) is 3. The zero-order chi connectivity index (χ0) is 15.5. The molecule has 0 bridgehead atoms. The average molecular weight is 318 g/mol. The molecule has 0 aliphatic carbocycles. The van der Waals surface area contributed by atoms with Gasteiger partial charge in [-0.25, -0.2) is 0 Å². The molecule has 1 saturated heterocycles. The summed E-state index contributed by atoms with van der Waals surface area (Å²) in [7, 11) is 0. The summed E-state index contributed by atoms with van der Waals surface area (Å²) in [5.74, 6) is 0. The number of halogens is 3. The molecule has 1 heterocycles. The summed E-state index contributed by atoms with van der Waals surface area (Å²) in [5.41, 5.74) is 5.50. The van der Waals surface area contributed by atoms with Crippen molar-refractivity contribution in [1.29, 1.82) is 0 Å². The molecule has 0 saturated carbocycles. The SMILES string of the molecule is NC(=S)c1cc(C(F)(F)F)ccc1NCCC1CCCO1. The summed E-state index contributed by atoms with van der Waals surface area (Å²) >= 11 is 4.84. The van der Waals surface area contributed by atoms with E-state index in [0.717, 1.165) is 38.0 Å². The summed E-state index contributed by atoms with van der Waals surface area (Å²) in [6.07, 6.45) is -1.30. The lowest BCUT2D eigenvalue weighted by molar-refractivity contribution is -0.137. The van der Waals surface area contributed by atoms with Gasteiger partial charge in [-0.2, -0.15) is 13.2 Å². The van der Waals surface area contributed by atoms with Crippen LogP contribution in [0.1, 0.15) is 30.4 Å². The first-order valence-electron chi connectivity index (χ1n) is 6.74. The largest absolute Gasteiger partial charge is 0.416 e. The van der Waals surface area contributed by atoms with Crippen LogP contribution in [0, 0.1) is 0 Å². The van der Waals surface area contributed by atoms with Gasteiger partial charge >= 0.3 is 6.18 Å². The van der Waals surface area contributed by atoms with Gasteiger partial charge in [0.1, 0.15) is 4.99 Å². The zero-order valence-electron chi connectivity index (χ0n) is 11.4. The maximum absolute atomic E-state index is 12.7. The Kier molecular flexibility index (Phi) is 5.05. The van der Waals surface area contributed by atoms with Crippen LogP contribution >= 0.6 is 12.2 Å². The van der Waals surface area contributed by atoms with Crippen molar-refractivity contribution in [1.82, 2.24) is 0 Å². The molecule has 1 aromatic carbocycles. The third-order valence-corrected chi connectivity index (χ3v) is 3.64. The Morgan fingerprint density at radius 2 is 2.19 bits per heavy atom. The van der Waals surface area contributed by atoms with Crippen LogP contribution in [0.4, 0.5) is 18.9 Å². The van der Waals surface area contributed by atoms with Crippen LogP contribution in [0.5, 0.6) is 0 Å². The second-order valence-corrected chi connectivity index (χ2v) is 5.41. The second-order valence-electron chi connectivity index (χ2n) is 4.97. The molecular weight excluding hydrogens is 301 g/mol. The van der Waals surface area contributed by atoms with Gasteiger partial charge < -0.3 is 15.8 Å². The maximum Gasteiger partial charge on any atom is 0.416 e. The van der Waals surface area contributed by atoms with Crippen LogP contribution in [-0.4, -0.2) is 24.2 Å². The van der Waals surface area contributed by atoms with E-state index >= 15 is 0 Å². The van der Waals surface area contributed by atoms with E-state index in [1.54, 1.807) is 0 Å². The van der Waals surface area contributed by atoms with E-state index < -0.39 is 11.7 Å². The molecule has 2 rings (SSSR count). The Bertz CT molecular complexity index is 513. The maximum atomic E-state index is 12.7. The highest BCUT2D eigenvalue weighted by atomic mass is 32.1. The van der Waals surface area contributed by atoms with Crippen LogP contribution in [0.15, 0.2) is 18.2 Å². The molecule has 3 nitrogen and oxygen atoms in total. The number of anilines is 1. The fourth-order valence-electron chi connectivity index (χ4n) is 2.32. The highest BCUT2D eigenvalue weighted by Gasteiger charge is 2.31. The summed E-state index contributed by atoms with van der Waals surface area (Å²) in [5, 5.41) is 3.09. The van der Waals surface area contributed by atoms with Gasteiger partial charge in [-0.3, -0.25) is 0 Å². The van der Waals surface area contributed by atoms with E-state index in [1.165, 1.54) is 6.07 Å². The Hall–Kier alpha value is -1.34. The highest BCUT2D eigenvalue weighted by Crippen LogP contribution is 2.32. The van der Waals surface area contributed by atoms with Crippen LogP contribution in [-0.2, 0) is 10.9 Å². The first-order valence-corrected chi connectivity index (χ1v) is 7.15. The minimum absolute atomic E-state index is 0.0549. The summed E-state index contributed by atoms with van der Waals surface area (Å²) < 4.78 is 43.6. The third kappa shape index (κ3) is 4.31. The van der Waals surface area contributed by atoms with E-state index in [2.05, 4.69) is 5.32 Å². The van der Waals surface area contributed by atoms with Crippen molar-refractivity contribution < 1.29 is 17.9 Å². The van der Waals surface area contributed by atoms with E-state index in [1.807, 2.05) is 0 Å². The monoisotopic (exact) mass is 318 g/mol. The number of benzene rings is 1. The zero-order valence-corrected chi connectivity index (χ0v) is 12.2. The minimum atomic E-state index is -4.41. The molecule has 0 aromatic heterocycles. The lowest BCUT2D eigenvalue weighted by Gasteiger charge is -2.15. The lowest BCUT2D eigenvalue weighted by atomic mass is 10.1. The van der Waals surface area contributed by atoms with Gasteiger partial charge in [-0.05, 0) is 37.5 Å². The minimum Gasteiger partial charge on any atom is -0.389 e. The van der Waals surface area contributed by atoms with Crippen molar-refractivity contribution in [3.05, 3.63) is 29.3 Å². The van der Waals surface area contributed by atoms with E-state index in [9.17, 15) is 13.2 Å². The predicted octanol–water partition coefficient (Wildman–Crippen LogP) is 3.32. The number of alkyl halides is 3. The molecule has 1 atom stereocenters. The van der Waals surface area contributed by atoms with Gasteiger partial charge in [-0.15, -0.1) is 0 Å². The van der Waals surface area contributed by atoms with Crippen molar-refractivity contribution in [2.75, 3.05) is 18.5 Å². The van der Waals surface area contributed by atoms with Crippen LogP contribution < -0.4 is 11.1 Å². The van der Waals surface area contributed by atoms with Gasteiger partial charge in [0.05, 0.1) is 11.7 Å². The average Bonchev–Trinajstić information content (AvgIpc) is 2.90. The van der Waals surface area contributed by atoms with Gasteiger partial charge in [0.15, 0.2) is 0 Å². The Balaban J connectivity index is 2.05. The number of rotatable bonds is 5. The fourth-order valence-corrected chi connectivity index (χ4v) is 2.49. The Morgan fingerprint density at radius 3 is 2.76 bits per heavy atom. The van der Waals surface area contributed by atoms with Crippen molar-refractivity contribution in [3.63, 3.8) is 0 Å². The first-order chi connectivity index (χ1) is 9.88. The standard InChI is InChI=1S/C14H17F3N2OS/c15-14(16,17)9-3-4-12(11(8-9)13(18)21)19-6-5-10-2-1-7-20-10/h3-4,8,10,19H,1-2,5-7H2,(H2,18,21). The Morgan fingerprint density at radius 1 is 1.43 bits per heavy atom. The third-order valence-electron chi connectivity index (χ3n) is 3.42. The highest BCUT2D eigenvalue weighted by molar-refractivity contribution is 7.80. The lowest BCUT2D eigenvalue weighted by Crippen LogP contribution is -2.18. The molecule has 1 aliphatic rings. The summed E-state index contributed by atoms with van der Waals surface area (Å²) in [4.78, 5) is -0.0549. The van der Waals surface area contributed by atoms with Crippen molar-refractivity contribution in [2.24, 2.45) is 5.73 Å². The van der Waals surface area contributed by atoms with E-state index in [4.69, 9.17) is 22.7 Å². The van der Waals surface area contributed by atoms with Crippen LogP contribution in [0.2, 0.25) is 0 Å². The molecule has 3 N–H and O–H groups in total. The number of thiocarbonyl (C=S) groups is 1. The molecule has 1 fully saturated rings. The number of hydrogen-bond donors (Lipinski definition) is 2. The van der Waals surface area contributed by atoms with Crippen LogP contribution in [0.3, 0.4) is 0 Å². The topological polar surface area (TPSA) is 47.3 Å². The molecule has 0 amide bonds. The van der Waals surface area contributed by atoms with Gasteiger partial charge in [0.25, 0.3) is 0 Å². The number of nitrogens with two attached hydrogens (primary N) is 1. The normalized spacial score (nSPS) is 18.7. The Labute approximate surface area is 126 Å². The summed E-state index contributed by atoms with van der Waals surface area (Å²) in [6, 6.07) is 3.37. The molecule has 21 heavy (non-hydrogen) atoms. The number of nitrogens with one attached hydrogen (secondary N) is 1. The van der Waals surface area contributed by atoms with Gasteiger partial charge in [0, 0.05) is 24.4 Å². The van der Waals surface area contributed by atoms with Crippen molar-refractivity contribution >= 4 is 22.9 Å². The summed E-state index contributed by atoms with van der Waals surface area (Å²) in [6.45, 7) is 1.38. The van der Waals surface area contributed by atoms with Crippen LogP contribution in [0.25, 0.3) is 0 Å². The second kappa shape index (κ2) is 6.62. The molecular formula is C14H17F3N2OS. The van der Waals surface area contributed by atoms with E-state index in [-0.39, 0.29) is 16.7 Å². The molecule has 7 heteroatoms. The first kappa shape index (κ1) is 16.0. The molecule has 116 valence electrons. The van der Waals surface area contributed by atoms with Crippen molar-refractivity contribution in [2.45, 2.75) is 31.5 Å². The molecule has 0 spiro atoms. The van der Waals surface area contributed by atoms with Crippen molar-refractivity contribution in [3.8, 4) is 0 Å². The molecule has 1 aliphatic heterocycles. The molecule has 0 radical (unpaired) electrons. The predicted molar refractivity (Wildman–Crippen MR) is 79.4 cm³/mol. The molecule has 1 aromatic rings. The number of ether oxygens (including phenoxy) is 1. The van der Waals surface area contributed by atoms with E-state index in [0.29, 0.717) is 12.2 Å². The fraction of sp³-hybridized carbons (Fsp3) is 0.500.